The highest BCUT2D eigenvalue weighted by molar-refractivity contribution is 9.11. The molecule has 22 heavy (non-hydrogen) atoms. The van der Waals surface area contributed by atoms with Gasteiger partial charge in [-0.3, -0.25) is 0 Å². The second-order valence-electron chi connectivity index (χ2n) is 4.45. The zero-order chi connectivity index (χ0) is 15.9. The first kappa shape index (κ1) is 17.0. The Morgan fingerprint density at radius 2 is 1.91 bits per heavy atom. The second kappa shape index (κ2) is 8.35. The molecule has 3 nitrogen and oxygen atoms in total. The van der Waals surface area contributed by atoms with Crippen LogP contribution in [-0.2, 0) is 11.3 Å². The zero-order valence-corrected chi connectivity index (χ0v) is 14.8. The van der Waals surface area contributed by atoms with Crippen LogP contribution in [0.15, 0.2) is 51.4 Å². The van der Waals surface area contributed by atoms with Gasteiger partial charge in [0.2, 0.25) is 0 Å². The largest absolute Gasteiger partial charge is 0.479 e. The molecule has 0 saturated carbocycles. The van der Waals surface area contributed by atoms with Crippen LogP contribution in [0.2, 0.25) is 0 Å². The Bertz CT molecular complexity index is 666. The SMILES string of the molecule is C#CCOc1c(Br)cc(Br)cc1C(O)OCc1ccccc1. The Kier molecular flexibility index (Phi) is 6.47. The smallest absolute Gasteiger partial charge is 0.185 e. The van der Waals surface area contributed by atoms with Gasteiger partial charge in [0.1, 0.15) is 12.4 Å². The van der Waals surface area contributed by atoms with Gasteiger partial charge in [-0.2, -0.15) is 0 Å². The molecule has 114 valence electrons. The minimum absolute atomic E-state index is 0.110. The van der Waals surface area contributed by atoms with Gasteiger partial charge in [-0.05, 0) is 33.6 Å². The first-order chi connectivity index (χ1) is 10.6. The maximum atomic E-state index is 10.3. The molecule has 0 radical (unpaired) electrons. The Balaban J connectivity index is 2.17. The summed E-state index contributed by atoms with van der Waals surface area (Å²) >= 11 is 6.79. The van der Waals surface area contributed by atoms with Crippen molar-refractivity contribution in [2.45, 2.75) is 12.9 Å². The molecule has 0 spiro atoms. The Morgan fingerprint density at radius 1 is 1.18 bits per heavy atom. The minimum atomic E-state index is -1.12. The number of ether oxygens (including phenoxy) is 2. The number of hydrogen-bond donors (Lipinski definition) is 1. The molecular formula is C17H14Br2O3. The predicted octanol–water partition coefficient (Wildman–Crippen LogP) is 4.43. The number of rotatable bonds is 6. The number of halogens is 2. The maximum Gasteiger partial charge on any atom is 0.185 e. The van der Waals surface area contributed by atoms with Gasteiger partial charge < -0.3 is 14.6 Å². The molecule has 0 aliphatic carbocycles. The number of benzene rings is 2. The summed E-state index contributed by atoms with van der Waals surface area (Å²) in [7, 11) is 0. The van der Waals surface area contributed by atoms with E-state index in [4.69, 9.17) is 15.9 Å². The van der Waals surface area contributed by atoms with Crippen molar-refractivity contribution < 1.29 is 14.6 Å². The normalized spacial score (nSPS) is 11.7. The first-order valence-electron chi connectivity index (χ1n) is 6.50. The van der Waals surface area contributed by atoms with Crippen LogP contribution in [0.4, 0.5) is 0 Å². The maximum absolute atomic E-state index is 10.3. The van der Waals surface area contributed by atoms with Gasteiger partial charge in [-0.25, -0.2) is 0 Å². The van der Waals surface area contributed by atoms with Gasteiger partial charge in [0.15, 0.2) is 6.29 Å². The van der Waals surface area contributed by atoms with Crippen LogP contribution >= 0.6 is 31.9 Å². The van der Waals surface area contributed by atoms with E-state index in [-0.39, 0.29) is 6.61 Å². The lowest BCUT2D eigenvalue weighted by Crippen LogP contribution is -2.07. The molecule has 1 atom stereocenters. The molecule has 0 aliphatic rings. The number of terminal acetylenes is 1. The van der Waals surface area contributed by atoms with Crippen molar-refractivity contribution in [2.75, 3.05) is 6.61 Å². The van der Waals surface area contributed by atoms with E-state index in [0.29, 0.717) is 22.4 Å². The average molecular weight is 426 g/mol. The summed E-state index contributed by atoms with van der Waals surface area (Å²) in [5.74, 6) is 2.88. The third-order valence-corrected chi connectivity index (χ3v) is 3.90. The van der Waals surface area contributed by atoms with Gasteiger partial charge in [0.25, 0.3) is 0 Å². The van der Waals surface area contributed by atoms with Gasteiger partial charge in [-0.15, -0.1) is 6.42 Å². The van der Waals surface area contributed by atoms with Crippen LogP contribution < -0.4 is 4.74 Å². The fourth-order valence-electron chi connectivity index (χ4n) is 1.87. The standard InChI is InChI=1S/C17H14Br2O3/c1-2-8-21-16-14(9-13(18)10-15(16)19)17(20)22-11-12-6-4-3-5-7-12/h1,3-7,9-10,17,20H,8,11H2. The van der Waals surface area contributed by atoms with E-state index < -0.39 is 6.29 Å². The third-order valence-electron chi connectivity index (χ3n) is 2.85. The summed E-state index contributed by atoms with van der Waals surface area (Å²) in [5, 5.41) is 10.3. The van der Waals surface area contributed by atoms with Crippen LogP contribution in [0.3, 0.4) is 0 Å². The Hall–Kier alpha value is -1.32. The molecule has 2 aromatic rings. The summed E-state index contributed by atoms with van der Waals surface area (Å²) in [6.07, 6.45) is 4.10. The molecule has 1 unspecified atom stereocenters. The van der Waals surface area contributed by atoms with Crippen LogP contribution in [0.5, 0.6) is 5.75 Å². The summed E-state index contributed by atoms with van der Waals surface area (Å²) in [6, 6.07) is 13.2. The van der Waals surface area contributed by atoms with Crippen molar-refractivity contribution in [1.82, 2.24) is 0 Å². The molecule has 2 rings (SSSR count). The zero-order valence-electron chi connectivity index (χ0n) is 11.6. The van der Waals surface area contributed by atoms with Crippen LogP contribution in [0.1, 0.15) is 17.4 Å². The highest BCUT2D eigenvalue weighted by Crippen LogP contribution is 2.37. The van der Waals surface area contributed by atoms with E-state index in [2.05, 4.69) is 37.8 Å². The van der Waals surface area contributed by atoms with Crippen molar-refractivity contribution in [3.8, 4) is 18.1 Å². The van der Waals surface area contributed by atoms with E-state index in [0.717, 1.165) is 10.0 Å². The molecule has 0 aromatic heterocycles. The molecule has 5 heteroatoms. The summed E-state index contributed by atoms with van der Waals surface area (Å²) in [4.78, 5) is 0. The van der Waals surface area contributed by atoms with Crippen molar-refractivity contribution in [1.29, 1.82) is 0 Å². The van der Waals surface area contributed by atoms with Crippen molar-refractivity contribution in [3.63, 3.8) is 0 Å². The van der Waals surface area contributed by atoms with E-state index in [1.165, 1.54) is 0 Å². The summed E-state index contributed by atoms with van der Waals surface area (Å²) in [6.45, 7) is 0.402. The summed E-state index contributed by atoms with van der Waals surface area (Å²) < 4.78 is 12.5. The molecule has 0 amide bonds. The lowest BCUT2D eigenvalue weighted by Gasteiger charge is -2.18. The second-order valence-corrected chi connectivity index (χ2v) is 6.22. The number of hydrogen-bond acceptors (Lipinski definition) is 3. The highest BCUT2D eigenvalue weighted by Gasteiger charge is 2.18. The van der Waals surface area contributed by atoms with Crippen molar-refractivity contribution in [3.05, 3.63) is 62.5 Å². The molecule has 0 heterocycles. The average Bonchev–Trinajstić information content (AvgIpc) is 2.52. The van der Waals surface area contributed by atoms with Gasteiger partial charge in [0, 0.05) is 4.47 Å². The molecular weight excluding hydrogens is 412 g/mol. The molecule has 0 aliphatic heterocycles. The molecule has 0 saturated heterocycles. The van der Waals surface area contributed by atoms with Crippen molar-refractivity contribution >= 4 is 31.9 Å². The Labute approximate surface area is 146 Å². The lowest BCUT2D eigenvalue weighted by molar-refractivity contribution is -0.113. The van der Waals surface area contributed by atoms with Gasteiger partial charge in [0.05, 0.1) is 16.6 Å². The van der Waals surface area contributed by atoms with Crippen LogP contribution in [0.25, 0.3) is 0 Å². The first-order valence-corrected chi connectivity index (χ1v) is 8.09. The van der Waals surface area contributed by atoms with Gasteiger partial charge >= 0.3 is 0 Å². The minimum Gasteiger partial charge on any atom is -0.479 e. The van der Waals surface area contributed by atoms with Gasteiger partial charge in [-0.1, -0.05) is 52.2 Å². The number of aliphatic hydroxyl groups is 1. The van der Waals surface area contributed by atoms with Crippen molar-refractivity contribution in [2.24, 2.45) is 0 Å². The van der Waals surface area contributed by atoms with Crippen LogP contribution in [-0.4, -0.2) is 11.7 Å². The molecule has 2 aromatic carbocycles. The van der Waals surface area contributed by atoms with E-state index in [1.54, 1.807) is 6.07 Å². The predicted molar refractivity (Wildman–Crippen MR) is 92.4 cm³/mol. The number of aliphatic hydroxyl groups excluding tert-OH is 1. The fraction of sp³-hybridized carbons (Fsp3) is 0.176. The molecule has 1 N–H and O–H groups in total. The van der Waals surface area contributed by atoms with E-state index >= 15 is 0 Å². The van der Waals surface area contributed by atoms with E-state index in [1.807, 2.05) is 36.4 Å². The third kappa shape index (κ3) is 4.59. The highest BCUT2D eigenvalue weighted by atomic mass is 79.9. The molecule has 0 fully saturated rings. The monoisotopic (exact) mass is 424 g/mol. The molecule has 0 bridgehead atoms. The topological polar surface area (TPSA) is 38.7 Å². The lowest BCUT2D eigenvalue weighted by atomic mass is 10.2. The van der Waals surface area contributed by atoms with E-state index in [9.17, 15) is 5.11 Å². The Morgan fingerprint density at radius 3 is 2.59 bits per heavy atom. The summed E-state index contributed by atoms with van der Waals surface area (Å²) in [5.41, 5.74) is 1.48. The fourth-order valence-corrected chi connectivity index (χ4v) is 3.24. The van der Waals surface area contributed by atoms with Crippen LogP contribution in [0, 0.1) is 12.3 Å². The quantitative estimate of drug-likeness (QED) is 0.549.